The molecule has 0 aromatic heterocycles. The van der Waals surface area contributed by atoms with Crippen molar-refractivity contribution in [3.8, 4) is 0 Å². The van der Waals surface area contributed by atoms with Crippen molar-refractivity contribution in [3.05, 3.63) is 101 Å². The number of amides is 2. The third kappa shape index (κ3) is 3.96. The number of benzene rings is 3. The first-order valence-corrected chi connectivity index (χ1v) is 12.2. The van der Waals surface area contributed by atoms with Gasteiger partial charge in [0.15, 0.2) is 5.78 Å². The van der Waals surface area contributed by atoms with Crippen LogP contribution in [0.5, 0.6) is 0 Å². The average molecular weight is 497 g/mol. The number of Topliss-reactive ketones (excluding diaryl/α,β-unsaturated/α-hetero) is 1. The highest BCUT2D eigenvalue weighted by molar-refractivity contribution is 6.24. The summed E-state index contributed by atoms with van der Waals surface area (Å²) in [6.45, 7) is 3.37. The van der Waals surface area contributed by atoms with Gasteiger partial charge in [-0.2, -0.15) is 0 Å². The zero-order valence-corrected chi connectivity index (χ0v) is 20.9. The van der Waals surface area contributed by atoms with E-state index in [1.54, 1.807) is 24.3 Å². The van der Waals surface area contributed by atoms with Crippen molar-refractivity contribution in [2.24, 2.45) is 11.8 Å². The van der Waals surface area contributed by atoms with Gasteiger partial charge in [-0.05, 0) is 42.7 Å². The lowest BCUT2D eigenvalue weighted by Gasteiger charge is -2.33. The van der Waals surface area contributed by atoms with Gasteiger partial charge in [0.1, 0.15) is 5.54 Å². The number of nitrogens with zero attached hydrogens (tertiary/aromatic N) is 1. The van der Waals surface area contributed by atoms with Gasteiger partial charge in [-0.25, -0.2) is 4.90 Å². The first-order chi connectivity index (χ1) is 17.8. The average Bonchev–Trinajstić information content (AvgIpc) is 3.38. The maximum atomic E-state index is 14.1. The van der Waals surface area contributed by atoms with E-state index in [1.807, 2.05) is 61.5 Å². The molecule has 7 heteroatoms. The number of aryl methyl sites for hydroxylation is 1. The number of nitrogens with one attached hydrogen (secondary N) is 1. The van der Waals surface area contributed by atoms with Crippen molar-refractivity contribution in [2.75, 3.05) is 12.0 Å². The number of rotatable bonds is 6. The van der Waals surface area contributed by atoms with Crippen molar-refractivity contribution in [1.29, 1.82) is 0 Å². The van der Waals surface area contributed by atoms with Crippen LogP contribution in [0.4, 0.5) is 5.69 Å². The molecule has 2 aliphatic heterocycles. The number of imide groups is 1. The predicted octanol–water partition coefficient (Wildman–Crippen LogP) is 3.80. The van der Waals surface area contributed by atoms with Crippen LogP contribution in [0.3, 0.4) is 0 Å². The van der Waals surface area contributed by atoms with Gasteiger partial charge in [-0.15, -0.1) is 0 Å². The molecule has 0 saturated carbocycles. The van der Waals surface area contributed by atoms with Crippen LogP contribution in [0.2, 0.25) is 0 Å². The summed E-state index contributed by atoms with van der Waals surface area (Å²) in [6, 6.07) is 22.9. The van der Waals surface area contributed by atoms with Crippen LogP contribution in [-0.4, -0.2) is 36.2 Å². The monoisotopic (exact) mass is 496 g/mol. The standard InChI is InChI=1S/C30H28N2O5/c1-18-10-7-8-15-23(18)26-24-25(30(31-26,29(36)37-3)17-20-11-5-4-6-12-20)28(35)32(27(24)34)22-14-9-13-21(16-22)19(2)33/h4-16,24-26,31H,17H2,1-3H3/t24-,25+,26-,30-/m1/s1. The Bertz CT molecular complexity index is 1400. The van der Waals surface area contributed by atoms with E-state index in [2.05, 4.69) is 5.32 Å². The Morgan fingerprint density at radius 2 is 1.65 bits per heavy atom. The molecule has 4 atom stereocenters. The van der Waals surface area contributed by atoms with Gasteiger partial charge in [0, 0.05) is 18.0 Å². The van der Waals surface area contributed by atoms with E-state index in [9.17, 15) is 19.2 Å². The topological polar surface area (TPSA) is 92.8 Å². The highest BCUT2D eigenvalue weighted by Crippen LogP contribution is 2.51. The summed E-state index contributed by atoms with van der Waals surface area (Å²) in [5.74, 6) is -3.50. The van der Waals surface area contributed by atoms with Crippen LogP contribution in [0.15, 0.2) is 78.9 Å². The molecule has 0 bridgehead atoms. The summed E-state index contributed by atoms with van der Waals surface area (Å²) < 4.78 is 5.28. The molecular weight excluding hydrogens is 468 g/mol. The van der Waals surface area contributed by atoms with E-state index in [0.29, 0.717) is 11.3 Å². The third-order valence-electron chi connectivity index (χ3n) is 7.56. The van der Waals surface area contributed by atoms with Gasteiger partial charge in [0.2, 0.25) is 11.8 Å². The maximum Gasteiger partial charge on any atom is 0.327 e. The SMILES string of the molecule is COC(=O)[C@]1(Cc2ccccc2)N[C@H](c2ccccc2C)[C@@H]2C(=O)N(c3cccc(C(C)=O)c3)C(=O)[C@H]21. The molecule has 5 rings (SSSR count). The molecule has 3 aromatic carbocycles. The van der Waals surface area contributed by atoms with Crippen LogP contribution in [0.25, 0.3) is 0 Å². The molecule has 1 N–H and O–H groups in total. The first-order valence-electron chi connectivity index (χ1n) is 12.2. The number of ketones is 1. The number of methoxy groups -OCH3 is 1. The largest absolute Gasteiger partial charge is 0.468 e. The van der Waals surface area contributed by atoms with Crippen LogP contribution >= 0.6 is 0 Å². The molecule has 2 aliphatic rings. The summed E-state index contributed by atoms with van der Waals surface area (Å²) in [6.07, 6.45) is 0.171. The lowest BCUT2D eigenvalue weighted by molar-refractivity contribution is -0.152. The number of hydrogen-bond donors (Lipinski definition) is 1. The smallest absolute Gasteiger partial charge is 0.327 e. The number of anilines is 1. The van der Waals surface area contributed by atoms with E-state index in [4.69, 9.17) is 4.74 Å². The molecule has 2 heterocycles. The lowest BCUT2D eigenvalue weighted by atomic mass is 9.76. The van der Waals surface area contributed by atoms with E-state index in [1.165, 1.54) is 14.0 Å². The summed E-state index contributed by atoms with van der Waals surface area (Å²) in [5, 5.41) is 3.43. The summed E-state index contributed by atoms with van der Waals surface area (Å²) >= 11 is 0. The van der Waals surface area contributed by atoms with Gasteiger partial charge in [0.05, 0.1) is 24.6 Å². The van der Waals surface area contributed by atoms with Gasteiger partial charge >= 0.3 is 5.97 Å². The van der Waals surface area contributed by atoms with Crippen molar-refractivity contribution in [2.45, 2.75) is 31.8 Å². The van der Waals surface area contributed by atoms with Crippen molar-refractivity contribution in [3.63, 3.8) is 0 Å². The second kappa shape index (κ2) is 9.41. The molecular formula is C30H28N2O5. The minimum absolute atomic E-state index is 0.171. The zero-order chi connectivity index (χ0) is 26.3. The summed E-state index contributed by atoms with van der Waals surface area (Å²) in [5.41, 5.74) is 1.87. The molecule has 0 radical (unpaired) electrons. The second-order valence-corrected chi connectivity index (χ2v) is 9.73. The van der Waals surface area contributed by atoms with Crippen molar-refractivity contribution >= 4 is 29.3 Å². The highest BCUT2D eigenvalue weighted by Gasteiger charge is 2.69. The number of carbonyl (C=O) groups excluding carboxylic acids is 4. The molecule has 37 heavy (non-hydrogen) atoms. The molecule has 0 unspecified atom stereocenters. The number of carbonyl (C=O) groups is 4. The minimum Gasteiger partial charge on any atom is -0.468 e. The quantitative estimate of drug-likeness (QED) is 0.317. The van der Waals surface area contributed by atoms with Crippen molar-refractivity contribution < 1.29 is 23.9 Å². The van der Waals surface area contributed by atoms with E-state index >= 15 is 0 Å². The normalized spacial score (nSPS) is 24.7. The van der Waals surface area contributed by atoms with Crippen LogP contribution < -0.4 is 10.2 Å². The lowest BCUT2D eigenvalue weighted by Crippen LogP contribution is -2.57. The fourth-order valence-corrected chi connectivity index (χ4v) is 5.85. The van der Waals surface area contributed by atoms with E-state index < -0.39 is 41.2 Å². The van der Waals surface area contributed by atoms with Gasteiger partial charge in [0.25, 0.3) is 0 Å². The molecule has 2 fully saturated rings. The number of esters is 1. The molecule has 0 spiro atoms. The Labute approximate surface area is 215 Å². The second-order valence-electron chi connectivity index (χ2n) is 9.73. The fraction of sp³-hybridized carbons (Fsp3) is 0.267. The Hall–Kier alpha value is -4.10. The van der Waals surface area contributed by atoms with Crippen LogP contribution in [0, 0.1) is 18.8 Å². The fourth-order valence-electron chi connectivity index (χ4n) is 5.85. The van der Waals surface area contributed by atoms with Gasteiger partial charge in [-0.3, -0.25) is 24.5 Å². The molecule has 188 valence electrons. The number of hydrogen-bond acceptors (Lipinski definition) is 6. The zero-order valence-electron chi connectivity index (χ0n) is 20.9. The van der Waals surface area contributed by atoms with Crippen molar-refractivity contribution in [1.82, 2.24) is 5.32 Å². The van der Waals surface area contributed by atoms with E-state index in [0.717, 1.165) is 21.6 Å². The Kier molecular flexibility index (Phi) is 6.25. The third-order valence-corrected chi connectivity index (χ3v) is 7.56. The van der Waals surface area contributed by atoms with Gasteiger partial charge < -0.3 is 4.74 Å². The number of fused-ring (bicyclic) bond motifs is 1. The summed E-state index contributed by atoms with van der Waals surface area (Å²) in [7, 11) is 1.29. The van der Waals surface area contributed by atoms with E-state index in [-0.39, 0.29) is 12.2 Å². The molecule has 2 amide bonds. The first kappa shape index (κ1) is 24.6. The Balaban J connectivity index is 1.69. The molecule has 0 aliphatic carbocycles. The molecule has 7 nitrogen and oxygen atoms in total. The Morgan fingerprint density at radius 1 is 0.946 bits per heavy atom. The summed E-state index contributed by atoms with van der Waals surface area (Å²) in [4.78, 5) is 54.9. The molecule has 2 saturated heterocycles. The predicted molar refractivity (Wildman–Crippen MR) is 138 cm³/mol. The maximum absolute atomic E-state index is 14.1. The van der Waals surface area contributed by atoms with Crippen LogP contribution in [-0.2, 0) is 25.5 Å². The highest BCUT2D eigenvalue weighted by atomic mass is 16.5. The van der Waals surface area contributed by atoms with Crippen LogP contribution in [0.1, 0.15) is 40.0 Å². The molecule has 3 aromatic rings. The van der Waals surface area contributed by atoms with Gasteiger partial charge in [-0.1, -0.05) is 66.7 Å². The minimum atomic E-state index is -1.46. The Morgan fingerprint density at radius 3 is 2.32 bits per heavy atom. The number of ether oxygens (including phenoxy) is 1.